The molecule has 0 saturated heterocycles. The maximum absolute atomic E-state index is 6.17. The predicted molar refractivity (Wildman–Crippen MR) is 122 cm³/mol. The van der Waals surface area contributed by atoms with Crippen LogP contribution in [0.2, 0.25) is 10.0 Å². The summed E-state index contributed by atoms with van der Waals surface area (Å²) in [7, 11) is 0. The molecule has 2 heterocycles. The highest BCUT2D eigenvalue weighted by molar-refractivity contribution is 6.31. The van der Waals surface area contributed by atoms with Crippen molar-refractivity contribution in [2.45, 2.75) is 32.7 Å². The Balaban J connectivity index is 1.55. The summed E-state index contributed by atoms with van der Waals surface area (Å²) >= 11 is 12.1. The van der Waals surface area contributed by atoms with E-state index in [0.29, 0.717) is 16.6 Å². The molecule has 0 spiro atoms. The van der Waals surface area contributed by atoms with Crippen molar-refractivity contribution in [2.75, 3.05) is 0 Å². The van der Waals surface area contributed by atoms with Gasteiger partial charge in [0.2, 0.25) is 0 Å². The van der Waals surface area contributed by atoms with Gasteiger partial charge < -0.3 is 0 Å². The van der Waals surface area contributed by atoms with Crippen LogP contribution < -0.4 is 0 Å². The van der Waals surface area contributed by atoms with Crippen LogP contribution in [0.1, 0.15) is 35.9 Å². The highest BCUT2D eigenvalue weighted by atomic mass is 35.5. The van der Waals surface area contributed by atoms with Gasteiger partial charge in [0.1, 0.15) is 0 Å². The molecule has 0 unspecified atom stereocenters. The molecule has 4 nitrogen and oxygen atoms in total. The summed E-state index contributed by atoms with van der Waals surface area (Å²) in [4.78, 5) is 9.57. The number of nitrogens with zero attached hydrogens (tertiary/aromatic N) is 4. The van der Waals surface area contributed by atoms with E-state index >= 15 is 0 Å². The molecule has 0 aliphatic heterocycles. The molecule has 2 aromatic heterocycles. The molecule has 0 N–H and O–H groups in total. The van der Waals surface area contributed by atoms with E-state index in [0.717, 1.165) is 42.0 Å². The molecule has 0 aliphatic carbocycles. The second-order valence-corrected chi connectivity index (χ2v) is 8.16. The second-order valence-electron chi connectivity index (χ2n) is 7.28. The lowest BCUT2D eigenvalue weighted by molar-refractivity contribution is 0.686. The smallest absolute Gasteiger partial charge is 0.159 e. The van der Waals surface area contributed by atoms with Crippen LogP contribution in [0, 0.1) is 0 Å². The standard InChI is InChI=1S/C24H22Cl2N4/c1-2-4-22-13-23(29-24(28-22)19-5-3-6-20(25)12-19)11-17-7-9-18(10-8-17)15-30-16-21(26)14-27-30/h3,5-10,12-14,16H,2,4,11,15H2,1H3. The average molecular weight is 437 g/mol. The second kappa shape index (κ2) is 9.41. The summed E-state index contributed by atoms with van der Waals surface area (Å²) in [5, 5.41) is 5.57. The van der Waals surface area contributed by atoms with E-state index in [4.69, 9.17) is 33.2 Å². The van der Waals surface area contributed by atoms with Crippen molar-refractivity contribution < 1.29 is 0 Å². The van der Waals surface area contributed by atoms with Crippen molar-refractivity contribution in [1.82, 2.24) is 19.7 Å². The highest BCUT2D eigenvalue weighted by Crippen LogP contribution is 2.22. The van der Waals surface area contributed by atoms with Crippen LogP contribution >= 0.6 is 23.2 Å². The summed E-state index contributed by atoms with van der Waals surface area (Å²) in [5.74, 6) is 0.727. The number of rotatable bonds is 7. The fourth-order valence-corrected chi connectivity index (χ4v) is 3.72. The van der Waals surface area contributed by atoms with Crippen LogP contribution in [0.15, 0.2) is 67.0 Å². The first kappa shape index (κ1) is 20.6. The molecule has 0 amide bonds. The molecule has 0 fully saturated rings. The summed E-state index contributed by atoms with van der Waals surface area (Å²) < 4.78 is 1.83. The first-order valence-corrected chi connectivity index (χ1v) is 10.7. The van der Waals surface area contributed by atoms with E-state index < -0.39 is 0 Å². The van der Waals surface area contributed by atoms with Crippen LogP contribution in [0.25, 0.3) is 11.4 Å². The zero-order chi connectivity index (χ0) is 20.9. The van der Waals surface area contributed by atoms with Crippen LogP contribution in [-0.4, -0.2) is 19.7 Å². The Morgan fingerprint density at radius 3 is 2.33 bits per heavy atom. The van der Waals surface area contributed by atoms with Crippen molar-refractivity contribution in [3.63, 3.8) is 0 Å². The molecule has 0 atom stereocenters. The first-order chi connectivity index (χ1) is 14.6. The molecular formula is C24H22Cl2N4. The lowest BCUT2D eigenvalue weighted by Crippen LogP contribution is -2.02. The van der Waals surface area contributed by atoms with Crippen LogP contribution in [-0.2, 0) is 19.4 Å². The Morgan fingerprint density at radius 1 is 0.867 bits per heavy atom. The number of aryl methyl sites for hydroxylation is 1. The van der Waals surface area contributed by atoms with Crippen molar-refractivity contribution >= 4 is 23.2 Å². The van der Waals surface area contributed by atoms with Gasteiger partial charge in [-0.2, -0.15) is 5.10 Å². The van der Waals surface area contributed by atoms with E-state index in [1.165, 1.54) is 11.1 Å². The Bertz CT molecular complexity index is 1140. The minimum atomic E-state index is 0.647. The van der Waals surface area contributed by atoms with Crippen LogP contribution in [0.5, 0.6) is 0 Å². The zero-order valence-corrected chi connectivity index (χ0v) is 18.2. The number of hydrogen-bond donors (Lipinski definition) is 0. The molecular weight excluding hydrogens is 415 g/mol. The maximum atomic E-state index is 6.17. The van der Waals surface area contributed by atoms with Crippen molar-refractivity contribution in [1.29, 1.82) is 0 Å². The number of aromatic nitrogens is 4. The lowest BCUT2D eigenvalue weighted by atomic mass is 10.1. The average Bonchev–Trinajstić information content (AvgIpc) is 3.14. The van der Waals surface area contributed by atoms with E-state index in [2.05, 4.69) is 42.4 Å². The Hall–Kier alpha value is -2.69. The normalized spacial score (nSPS) is 11.0. The third kappa shape index (κ3) is 5.26. The summed E-state index contributed by atoms with van der Waals surface area (Å²) in [5.41, 5.74) is 5.39. The third-order valence-corrected chi connectivity index (χ3v) is 5.21. The van der Waals surface area contributed by atoms with Gasteiger partial charge in [-0.3, -0.25) is 4.68 Å². The van der Waals surface area contributed by atoms with Gasteiger partial charge in [0.05, 0.1) is 17.8 Å². The van der Waals surface area contributed by atoms with Gasteiger partial charge in [-0.05, 0) is 35.7 Å². The van der Waals surface area contributed by atoms with Crippen LogP contribution in [0.3, 0.4) is 0 Å². The molecule has 2 aromatic carbocycles. The molecule has 0 radical (unpaired) electrons. The van der Waals surface area contributed by atoms with E-state index in [1.54, 1.807) is 6.20 Å². The van der Waals surface area contributed by atoms with Crippen molar-refractivity contribution in [3.05, 3.63) is 99.6 Å². The van der Waals surface area contributed by atoms with Gasteiger partial charge in [0, 0.05) is 34.6 Å². The number of hydrogen-bond acceptors (Lipinski definition) is 3. The Morgan fingerprint density at radius 2 is 1.63 bits per heavy atom. The topological polar surface area (TPSA) is 43.6 Å². The minimum Gasteiger partial charge on any atom is -0.267 e. The maximum Gasteiger partial charge on any atom is 0.159 e. The predicted octanol–water partition coefficient (Wildman–Crippen LogP) is 6.24. The number of halogens is 2. The molecule has 0 aliphatic rings. The minimum absolute atomic E-state index is 0.647. The van der Waals surface area contributed by atoms with Gasteiger partial charge in [-0.15, -0.1) is 0 Å². The molecule has 4 aromatic rings. The SMILES string of the molecule is CCCc1cc(Cc2ccc(Cn3cc(Cl)cn3)cc2)nc(-c2cccc(Cl)c2)n1. The Kier molecular flexibility index (Phi) is 6.46. The van der Waals surface area contributed by atoms with E-state index in [-0.39, 0.29) is 0 Å². The van der Waals surface area contributed by atoms with E-state index in [9.17, 15) is 0 Å². The Labute approximate surface area is 186 Å². The summed E-state index contributed by atoms with van der Waals surface area (Å²) in [6.45, 7) is 2.85. The monoisotopic (exact) mass is 436 g/mol. The molecule has 0 bridgehead atoms. The first-order valence-electron chi connectivity index (χ1n) is 9.97. The van der Waals surface area contributed by atoms with Crippen molar-refractivity contribution in [3.8, 4) is 11.4 Å². The largest absolute Gasteiger partial charge is 0.267 e. The molecule has 30 heavy (non-hydrogen) atoms. The van der Waals surface area contributed by atoms with Crippen molar-refractivity contribution in [2.24, 2.45) is 0 Å². The molecule has 0 saturated carbocycles. The van der Waals surface area contributed by atoms with Gasteiger partial charge in [0.25, 0.3) is 0 Å². The lowest BCUT2D eigenvalue weighted by Gasteiger charge is -2.09. The molecule has 152 valence electrons. The summed E-state index contributed by atoms with van der Waals surface area (Å²) in [6, 6.07) is 18.3. The van der Waals surface area contributed by atoms with Crippen LogP contribution in [0.4, 0.5) is 0 Å². The number of benzene rings is 2. The van der Waals surface area contributed by atoms with E-state index in [1.807, 2.05) is 35.1 Å². The van der Waals surface area contributed by atoms with Gasteiger partial charge >= 0.3 is 0 Å². The summed E-state index contributed by atoms with van der Waals surface area (Å²) in [6.07, 6.45) is 6.19. The quantitative estimate of drug-likeness (QED) is 0.344. The highest BCUT2D eigenvalue weighted by Gasteiger charge is 2.09. The molecule has 4 rings (SSSR count). The zero-order valence-electron chi connectivity index (χ0n) is 16.7. The fraction of sp³-hybridized carbons (Fsp3) is 0.208. The van der Waals surface area contributed by atoms with Gasteiger partial charge in [-0.25, -0.2) is 9.97 Å². The third-order valence-electron chi connectivity index (χ3n) is 4.78. The molecule has 6 heteroatoms. The van der Waals surface area contributed by atoms with Gasteiger partial charge in [0.15, 0.2) is 5.82 Å². The van der Waals surface area contributed by atoms with Gasteiger partial charge in [-0.1, -0.05) is 72.9 Å². The fourth-order valence-electron chi connectivity index (χ4n) is 3.37.